The summed E-state index contributed by atoms with van der Waals surface area (Å²) in [5.41, 5.74) is 10.8. The number of hydrogen-bond acceptors (Lipinski definition) is 2. The number of amides is 2. The van der Waals surface area contributed by atoms with Crippen LogP contribution in [0.1, 0.15) is 24.3 Å². The number of nitrogens with two attached hydrogens (primary N) is 2. The summed E-state index contributed by atoms with van der Waals surface area (Å²) < 4.78 is 12.7. The summed E-state index contributed by atoms with van der Waals surface area (Å²) in [6.45, 7) is 0. The molecule has 0 unspecified atom stereocenters. The van der Waals surface area contributed by atoms with Crippen LogP contribution >= 0.6 is 0 Å². The van der Waals surface area contributed by atoms with E-state index in [1.165, 1.54) is 24.3 Å². The molecule has 0 radical (unpaired) electrons. The number of halogens is 1. The van der Waals surface area contributed by atoms with Crippen LogP contribution in [0.2, 0.25) is 0 Å². The maximum absolute atomic E-state index is 12.7. The molecule has 0 fully saturated rings. The second kappa shape index (κ2) is 5.25. The van der Waals surface area contributed by atoms with Gasteiger partial charge in [-0.25, -0.2) is 4.39 Å². The van der Waals surface area contributed by atoms with Crippen LogP contribution in [0.5, 0.6) is 0 Å². The minimum Gasteiger partial charge on any atom is -0.370 e. The van der Waals surface area contributed by atoms with Gasteiger partial charge in [0.05, 0.1) is 0 Å². The molecule has 86 valence electrons. The topological polar surface area (TPSA) is 86.2 Å². The lowest BCUT2D eigenvalue weighted by atomic mass is 9.92. The van der Waals surface area contributed by atoms with Crippen LogP contribution in [0, 0.1) is 5.82 Å². The van der Waals surface area contributed by atoms with Crippen molar-refractivity contribution in [2.45, 2.75) is 18.8 Å². The van der Waals surface area contributed by atoms with Crippen molar-refractivity contribution in [3.8, 4) is 0 Å². The fourth-order valence-electron chi connectivity index (χ4n) is 1.53. The van der Waals surface area contributed by atoms with Crippen LogP contribution in [-0.4, -0.2) is 11.8 Å². The highest BCUT2D eigenvalue weighted by Gasteiger charge is 2.16. The average molecular weight is 224 g/mol. The molecule has 0 saturated heterocycles. The summed E-state index contributed by atoms with van der Waals surface area (Å²) in [4.78, 5) is 21.7. The van der Waals surface area contributed by atoms with Gasteiger partial charge in [-0.05, 0) is 17.7 Å². The van der Waals surface area contributed by atoms with Crippen molar-refractivity contribution in [2.75, 3.05) is 0 Å². The Kier molecular flexibility index (Phi) is 3.99. The van der Waals surface area contributed by atoms with Gasteiger partial charge in [0, 0.05) is 18.8 Å². The quantitative estimate of drug-likeness (QED) is 0.769. The first-order valence-electron chi connectivity index (χ1n) is 4.81. The molecule has 1 aromatic carbocycles. The third-order valence-corrected chi connectivity index (χ3v) is 2.24. The summed E-state index contributed by atoms with van der Waals surface area (Å²) >= 11 is 0. The number of carbonyl (C=O) groups excluding carboxylic acids is 2. The van der Waals surface area contributed by atoms with Gasteiger partial charge in [-0.2, -0.15) is 0 Å². The molecule has 0 heterocycles. The van der Waals surface area contributed by atoms with Gasteiger partial charge in [0.25, 0.3) is 0 Å². The Balaban J connectivity index is 2.86. The van der Waals surface area contributed by atoms with Crippen molar-refractivity contribution < 1.29 is 14.0 Å². The summed E-state index contributed by atoms with van der Waals surface area (Å²) in [6.07, 6.45) is 0.0448. The average Bonchev–Trinajstić information content (AvgIpc) is 2.16. The molecule has 0 aliphatic carbocycles. The third kappa shape index (κ3) is 3.68. The second-order valence-electron chi connectivity index (χ2n) is 3.59. The van der Waals surface area contributed by atoms with Crippen LogP contribution in [0.4, 0.5) is 4.39 Å². The van der Waals surface area contributed by atoms with Crippen LogP contribution in [-0.2, 0) is 9.59 Å². The molecule has 0 aromatic heterocycles. The lowest BCUT2D eigenvalue weighted by Crippen LogP contribution is -2.20. The molecule has 1 aromatic rings. The summed E-state index contributed by atoms with van der Waals surface area (Å²) in [6, 6.07) is 5.58. The van der Waals surface area contributed by atoms with Crippen LogP contribution in [0.25, 0.3) is 0 Å². The van der Waals surface area contributed by atoms with Gasteiger partial charge in [0.15, 0.2) is 0 Å². The molecule has 0 saturated carbocycles. The fraction of sp³-hybridized carbons (Fsp3) is 0.273. The first-order chi connectivity index (χ1) is 7.49. The highest BCUT2D eigenvalue weighted by atomic mass is 19.1. The molecule has 16 heavy (non-hydrogen) atoms. The van der Waals surface area contributed by atoms with E-state index >= 15 is 0 Å². The minimum atomic E-state index is -0.518. The Morgan fingerprint density at radius 3 is 1.88 bits per heavy atom. The molecule has 5 heteroatoms. The molecule has 0 atom stereocenters. The number of benzene rings is 1. The molecule has 0 aliphatic rings. The van der Waals surface area contributed by atoms with Crippen molar-refractivity contribution >= 4 is 11.8 Å². The molecule has 4 nitrogen and oxygen atoms in total. The maximum Gasteiger partial charge on any atom is 0.218 e. The van der Waals surface area contributed by atoms with Crippen molar-refractivity contribution in [2.24, 2.45) is 11.5 Å². The van der Waals surface area contributed by atoms with E-state index in [4.69, 9.17) is 11.5 Å². The van der Waals surface area contributed by atoms with E-state index in [1.54, 1.807) is 0 Å². The van der Waals surface area contributed by atoms with E-state index in [-0.39, 0.29) is 24.6 Å². The molecule has 0 aliphatic heterocycles. The van der Waals surface area contributed by atoms with Crippen molar-refractivity contribution in [3.05, 3.63) is 35.6 Å². The summed E-state index contributed by atoms with van der Waals surface area (Å²) in [7, 11) is 0. The van der Waals surface area contributed by atoms with Gasteiger partial charge in [-0.1, -0.05) is 12.1 Å². The third-order valence-electron chi connectivity index (χ3n) is 2.24. The monoisotopic (exact) mass is 224 g/mol. The Morgan fingerprint density at radius 2 is 1.50 bits per heavy atom. The molecule has 2 amide bonds. The van der Waals surface area contributed by atoms with Gasteiger partial charge in [-0.15, -0.1) is 0 Å². The SMILES string of the molecule is NC(=O)CC(CC(N)=O)c1ccc(F)cc1. The Hall–Kier alpha value is -1.91. The first-order valence-corrected chi connectivity index (χ1v) is 4.81. The second-order valence-corrected chi connectivity index (χ2v) is 3.59. The molecular formula is C11H13FN2O2. The molecule has 1 rings (SSSR count). The van der Waals surface area contributed by atoms with Gasteiger partial charge in [0.1, 0.15) is 5.82 Å². The van der Waals surface area contributed by atoms with Crippen molar-refractivity contribution in [3.63, 3.8) is 0 Å². The van der Waals surface area contributed by atoms with E-state index in [2.05, 4.69) is 0 Å². The predicted octanol–water partition coefficient (Wildman–Crippen LogP) is 0.660. The van der Waals surface area contributed by atoms with Gasteiger partial charge < -0.3 is 11.5 Å². The highest BCUT2D eigenvalue weighted by molar-refractivity contribution is 5.78. The largest absolute Gasteiger partial charge is 0.370 e. The van der Waals surface area contributed by atoms with Crippen LogP contribution < -0.4 is 11.5 Å². The normalized spacial score (nSPS) is 10.4. The maximum atomic E-state index is 12.7. The predicted molar refractivity (Wildman–Crippen MR) is 56.8 cm³/mol. The fourth-order valence-corrected chi connectivity index (χ4v) is 1.53. The Labute approximate surface area is 92.4 Å². The summed E-state index contributed by atoms with van der Waals surface area (Å²) in [5.74, 6) is -1.79. The van der Waals surface area contributed by atoms with E-state index in [1.807, 2.05) is 0 Å². The van der Waals surface area contributed by atoms with Crippen molar-refractivity contribution in [1.29, 1.82) is 0 Å². The molecular weight excluding hydrogens is 211 g/mol. The van der Waals surface area contributed by atoms with Crippen LogP contribution in [0.3, 0.4) is 0 Å². The zero-order valence-electron chi connectivity index (χ0n) is 8.65. The zero-order valence-corrected chi connectivity index (χ0v) is 8.65. The molecule has 0 bridgehead atoms. The zero-order chi connectivity index (χ0) is 12.1. The number of primary amides is 2. The van der Waals surface area contributed by atoms with E-state index in [0.29, 0.717) is 5.56 Å². The smallest absolute Gasteiger partial charge is 0.218 e. The van der Waals surface area contributed by atoms with Gasteiger partial charge in [0.2, 0.25) is 11.8 Å². The standard InChI is InChI=1S/C11H13FN2O2/c12-9-3-1-7(2-4-9)8(5-10(13)15)6-11(14)16/h1-4,8H,5-6H2,(H2,13,15)(H2,14,16). The lowest BCUT2D eigenvalue weighted by molar-refractivity contribution is -0.119. The van der Waals surface area contributed by atoms with E-state index < -0.39 is 11.8 Å². The number of carbonyl (C=O) groups is 2. The summed E-state index contributed by atoms with van der Waals surface area (Å²) in [5, 5.41) is 0. The van der Waals surface area contributed by atoms with Gasteiger partial charge >= 0.3 is 0 Å². The molecule has 0 spiro atoms. The van der Waals surface area contributed by atoms with E-state index in [0.717, 1.165) is 0 Å². The lowest BCUT2D eigenvalue weighted by Gasteiger charge is -2.13. The highest BCUT2D eigenvalue weighted by Crippen LogP contribution is 2.23. The minimum absolute atomic E-state index is 0.0224. The van der Waals surface area contributed by atoms with E-state index in [9.17, 15) is 14.0 Å². The Bertz CT molecular complexity index is 373. The van der Waals surface area contributed by atoms with Gasteiger partial charge in [-0.3, -0.25) is 9.59 Å². The number of hydrogen-bond donors (Lipinski definition) is 2. The molecule has 4 N–H and O–H groups in total. The first kappa shape index (κ1) is 12.2. The number of rotatable bonds is 5. The van der Waals surface area contributed by atoms with Crippen molar-refractivity contribution in [1.82, 2.24) is 0 Å². The Morgan fingerprint density at radius 1 is 1.06 bits per heavy atom. The van der Waals surface area contributed by atoms with Crippen LogP contribution in [0.15, 0.2) is 24.3 Å².